The number of pyridine rings is 2. The van der Waals surface area contributed by atoms with E-state index in [0.29, 0.717) is 38.7 Å². The molecule has 2 aliphatic carbocycles. The number of aromatic nitrogens is 6. The third kappa shape index (κ3) is 9.56. The van der Waals surface area contributed by atoms with Crippen molar-refractivity contribution in [3.05, 3.63) is 177 Å². The molecule has 0 bridgehead atoms. The van der Waals surface area contributed by atoms with Crippen molar-refractivity contribution in [2.75, 3.05) is 7.15 Å². The molecular formula is C45H37Br2F3N8O3. The topological polar surface area (TPSA) is 154 Å². The van der Waals surface area contributed by atoms with Crippen LogP contribution in [0, 0.1) is 11.6 Å². The number of benzene rings is 4. The van der Waals surface area contributed by atoms with Gasteiger partial charge in [-0.2, -0.15) is 10.2 Å². The van der Waals surface area contributed by atoms with Gasteiger partial charge in [0, 0.05) is 37.7 Å². The number of rotatable bonds is 7. The molecule has 0 saturated heterocycles. The Labute approximate surface area is 366 Å². The fraction of sp³-hybridized carbons (Fsp3) is 0.156. The Hall–Kier alpha value is -6.23. The van der Waals surface area contributed by atoms with Gasteiger partial charge in [0.1, 0.15) is 11.6 Å². The van der Waals surface area contributed by atoms with Gasteiger partial charge in [-0.25, -0.2) is 22.9 Å². The minimum Gasteiger partial charge on any atom is -0.478 e. The largest absolute Gasteiger partial charge is 0.478 e. The number of nitrogens with zero attached hydrogens (tertiary/aromatic N) is 6. The normalized spacial score (nSPS) is 14.2. The fourth-order valence-corrected chi connectivity index (χ4v) is 7.51. The summed E-state index contributed by atoms with van der Waals surface area (Å²) in [5, 5.41) is 22.0. The first kappa shape index (κ1) is 41.5. The molecule has 8 aromatic rings. The van der Waals surface area contributed by atoms with E-state index in [-0.39, 0.29) is 34.2 Å². The highest BCUT2D eigenvalue weighted by Gasteiger charge is 2.46. The number of hydrogen-bond donors (Lipinski definition) is 3. The summed E-state index contributed by atoms with van der Waals surface area (Å²) in [6.07, 6.45) is 13.2. The van der Waals surface area contributed by atoms with Crippen molar-refractivity contribution >= 4 is 65.5 Å². The molecule has 16 heteroatoms. The van der Waals surface area contributed by atoms with Crippen molar-refractivity contribution in [3.8, 4) is 11.4 Å². The molecule has 10 rings (SSSR count). The van der Waals surface area contributed by atoms with E-state index in [1.54, 1.807) is 47.5 Å². The van der Waals surface area contributed by atoms with E-state index in [4.69, 9.17) is 12.2 Å². The van der Waals surface area contributed by atoms with Crippen LogP contribution < -0.4 is 11.1 Å². The Balaban J connectivity index is 0.000000149. The van der Waals surface area contributed by atoms with Crippen molar-refractivity contribution in [1.82, 2.24) is 34.8 Å². The maximum atomic E-state index is 13.2. The zero-order valence-electron chi connectivity index (χ0n) is 33.2. The van der Waals surface area contributed by atoms with Gasteiger partial charge in [0.2, 0.25) is 0 Å². The zero-order chi connectivity index (χ0) is 44.0. The van der Waals surface area contributed by atoms with Crippen LogP contribution in [0.4, 0.5) is 13.2 Å². The van der Waals surface area contributed by atoms with Crippen LogP contribution in [0.25, 0.3) is 33.2 Å². The Morgan fingerprint density at radius 1 is 0.705 bits per heavy atom. The molecule has 11 nitrogen and oxygen atoms in total. The Morgan fingerprint density at radius 2 is 1.16 bits per heavy atom. The van der Waals surface area contributed by atoms with Crippen LogP contribution in [0.15, 0.2) is 143 Å². The monoisotopic (exact) mass is 953 g/mol. The smallest absolute Gasteiger partial charge is 0.338 e. The van der Waals surface area contributed by atoms with E-state index in [0.717, 1.165) is 40.2 Å². The van der Waals surface area contributed by atoms with Crippen molar-refractivity contribution < 1.29 is 29.2 Å². The van der Waals surface area contributed by atoms with Gasteiger partial charge in [0.25, 0.3) is 5.91 Å². The average molecular weight is 956 g/mol. The van der Waals surface area contributed by atoms with Crippen LogP contribution in [0.2, 0.25) is 0 Å². The molecule has 310 valence electrons. The van der Waals surface area contributed by atoms with Crippen LogP contribution in [0.5, 0.6) is 0 Å². The summed E-state index contributed by atoms with van der Waals surface area (Å²) in [4.78, 5) is 32.3. The van der Waals surface area contributed by atoms with Gasteiger partial charge in [-0.05, 0) is 110 Å². The molecule has 1 amide bonds. The highest BCUT2D eigenvalue weighted by Crippen LogP contribution is 2.46. The molecule has 0 aliphatic heterocycles. The molecule has 61 heavy (non-hydrogen) atoms. The lowest BCUT2D eigenvalue weighted by molar-refractivity contribution is 0.0698. The molecule has 4 N–H and O–H groups in total. The molecule has 4 heterocycles. The third-order valence-electron chi connectivity index (χ3n) is 10.3. The van der Waals surface area contributed by atoms with Gasteiger partial charge in [0.05, 0.1) is 72.4 Å². The quantitative estimate of drug-likeness (QED) is 0.143. The highest BCUT2D eigenvalue weighted by molar-refractivity contribution is 9.10. The Morgan fingerprint density at radius 3 is 1.62 bits per heavy atom. The van der Waals surface area contributed by atoms with E-state index in [9.17, 15) is 22.8 Å². The molecule has 0 spiro atoms. The summed E-state index contributed by atoms with van der Waals surface area (Å²) in [5.41, 5.74) is 11.2. The number of amides is 1. The first-order chi connectivity index (χ1) is 29.8. The molecular weight excluding hydrogens is 917 g/mol. The van der Waals surface area contributed by atoms with Crippen molar-refractivity contribution in [2.24, 2.45) is 5.73 Å². The molecule has 0 unspecified atom stereocenters. The number of carboxylic acids is 1. The number of carbonyl (C=O) groups excluding carboxylic acids is 1. The number of carbonyl (C=O) groups is 2. The number of alkyl halides is 1. The first-order valence-corrected chi connectivity index (χ1v) is 20.3. The van der Waals surface area contributed by atoms with Crippen molar-refractivity contribution in [1.29, 1.82) is 0 Å². The maximum absolute atomic E-state index is 13.2. The summed E-state index contributed by atoms with van der Waals surface area (Å²) >= 11 is 6.93. The first-order valence-electron chi connectivity index (χ1n) is 19.4. The van der Waals surface area contributed by atoms with Gasteiger partial charge in [-0.15, -0.1) is 0 Å². The van der Waals surface area contributed by atoms with Gasteiger partial charge in [-0.1, -0.05) is 56.1 Å². The zero-order valence-corrected chi connectivity index (χ0v) is 35.3. The minimum absolute atomic E-state index is 0.00375. The summed E-state index contributed by atoms with van der Waals surface area (Å²) in [5.74, 6) is -1.90. The van der Waals surface area contributed by atoms with Gasteiger partial charge >= 0.3 is 5.97 Å². The maximum Gasteiger partial charge on any atom is 0.338 e. The highest BCUT2D eigenvalue weighted by atomic mass is 79.9. The van der Waals surface area contributed by atoms with Crippen LogP contribution in [-0.4, -0.2) is 53.7 Å². The van der Waals surface area contributed by atoms with Crippen LogP contribution in [-0.2, 0) is 11.1 Å². The number of fused-ring (bicyclic) bond motifs is 2. The summed E-state index contributed by atoms with van der Waals surface area (Å²) in [6, 6.07) is 28.1. The van der Waals surface area contributed by atoms with Crippen molar-refractivity contribution in [3.63, 3.8) is 0 Å². The molecule has 0 radical (unpaired) electrons. The van der Waals surface area contributed by atoms with Crippen LogP contribution >= 0.6 is 31.9 Å². The Bertz CT molecular complexity index is 2870. The van der Waals surface area contributed by atoms with E-state index in [2.05, 4.69) is 69.5 Å². The lowest BCUT2D eigenvalue weighted by Gasteiger charge is -2.18. The van der Waals surface area contributed by atoms with Gasteiger partial charge in [0.15, 0.2) is 0 Å². The molecule has 2 saturated carbocycles. The van der Waals surface area contributed by atoms with Crippen LogP contribution in [0.1, 0.15) is 58.9 Å². The fourth-order valence-electron chi connectivity index (χ4n) is 6.71. The van der Waals surface area contributed by atoms with E-state index < -0.39 is 13.1 Å². The second kappa shape index (κ2) is 18.2. The molecule has 4 aromatic heterocycles. The number of aromatic carboxylic acids is 1. The van der Waals surface area contributed by atoms with E-state index in [1.165, 1.54) is 53.1 Å². The predicted octanol–water partition coefficient (Wildman–Crippen LogP) is 9.98. The number of nitrogens with one attached hydrogen (secondary N) is 1. The second-order valence-electron chi connectivity index (χ2n) is 14.3. The standard InChI is InChI=1S/C22H16BrFN4O.C13H8FN3O2.C9H10BrN.CH3F/c23-15-3-1-2-14(10-15)22(8-9-22)27-21(29)19-11-25-13-20-18(19)12-26-28(20)17-6-4-16(24)5-7-17;14-8-1-3-9(4-2-8)17-12-7-15-5-11(13(18)19)10(12)6-16-17;10-8-3-1-2-7(6-8)9(11)4-5-9;1-2/h1-7,10-13H,8-9H2,(H,27,29);1-7H,(H,18,19);1-3,6H,4-5,11H2;1H3/i;;;1D. The number of hydrogen-bond acceptors (Lipinski definition) is 7. The average Bonchev–Trinajstić information content (AvgIpc) is 4.12. The summed E-state index contributed by atoms with van der Waals surface area (Å²) in [6.45, 7) is 0. The summed E-state index contributed by atoms with van der Waals surface area (Å²) < 4.78 is 46.9. The SMILES string of the molecule is NC1(c2cccc(Br)c2)CC1.O=C(NC1(c2cccc(Br)c2)CC1)c1cncc2c1cnn2-c1ccc(F)cc1.O=C(O)c1cncc2c1cnn2-c1ccc(F)cc1.[2H]CF. The molecule has 2 fully saturated rings. The molecule has 4 aromatic carbocycles. The lowest BCUT2D eigenvalue weighted by Crippen LogP contribution is -2.35. The van der Waals surface area contributed by atoms with E-state index >= 15 is 0 Å². The second-order valence-corrected chi connectivity index (χ2v) is 16.2. The predicted molar refractivity (Wildman–Crippen MR) is 233 cm³/mol. The summed E-state index contributed by atoms with van der Waals surface area (Å²) in [7, 11) is -1.00. The van der Waals surface area contributed by atoms with Crippen LogP contribution in [0.3, 0.4) is 0 Å². The van der Waals surface area contributed by atoms with E-state index in [1.807, 2.05) is 36.4 Å². The number of halogens is 5. The number of carboxylic acid groups (broad SMARTS) is 1. The lowest BCUT2D eigenvalue weighted by atomic mass is 10.0. The molecule has 0 atom stereocenters. The van der Waals surface area contributed by atoms with Gasteiger partial charge in [-0.3, -0.25) is 19.2 Å². The third-order valence-corrected chi connectivity index (χ3v) is 11.3. The Kier molecular flexibility index (Phi) is 12.4. The molecule has 2 aliphatic rings. The minimum atomic E-state index is -1.06. The number of nitrogens with two attached hydrogens (primary N) is 1. The van der Waals surface area contributed by atoms with Crippen molar-refractivity contribution in [2.45, 2.75) is 36.8 Å². The van der Waals surface area contributed by atoms with Gasteiger partial charge < -0.3 is 16.2 Å².